The molecule has 1 atom stereocenters. The summed E-state index contributed by atoms with van der Waals surface area (Å²) >= 11 is 1.48. The van der Waals surface area contributed by atoms with Crippen LogP contribution in [0.25, 0.3) is 5.69 Å². The van der Waals surface area contributed by atoms with Crippen LogP contribution in [-0.2, 0) is 4.79 Å². The number of hydrogen-bond donors (Lipinski definition) is 0. The van der Waals surface area contributed by atoms with Crippen LogP contribution in [0, 0.1) is 0 Å². The monoisotopic (exact) mass is 342 g/mol. The second-order valence-electron chi connectivity index (χ2n) is 6.57. The Balaban J connectivity index is 1.54. The molecular weight excluding hydrogens is 320 g/mol. The average Bonchev–Trinajstić information content (AvgIpc) is 3.14. The quantitative estimate of drug-likeness (QED) is 0.783. The van der Waals surface area contributed by atoms with Gasteiger partial charge in [-0.15, -0.1) is 5.10 Å². The third-order valence-corrected chi connectivity index (χ3v) is 5.54. The van der Waals surface area contributed by atoms with E-state index in [1.807, 2.05) is 46.8 Å². The van der Waals surface area contributed by atoms with Crippen molar-refractivity contribution in [2.75, 3.05) is 13.1 Å². The minimum Gasteiger partial charge on any atom is -0.342 e. The fourth-order valence-electron chi connectivity index (χ4n) is 3.12. The molecule has 1 saturated carbocycles. The van der Waals surface area contributed by atoms with Crippen LogP contribution in [0.4, 0.5) is 0 Å². The summed E-state index contributed by atoms with van der Waals surface area (Å²) in [6.07, 6.45) is 4.60. The minimum absolute atomic E-state index is 0.137. The third-order valence-electron chi connectivity index (χ3n) is 4.60. The van der Waals surface area contributed by atoms with Crippen LogP contribution >= 0.6 is 11.8 Å². The van der Waals surface area contributed by atoms with E-state index < -0.39 is 0 Å². The molecule has 2 aliphatic rings. The summed E-state index contributed by atoms with van der Waals surface area (Å²) in [6.45, 7) is 3.75. The summed E-state index contributed by atoms with van der Waals surface area (Å²) in [7, 11) is 0. The Morgan fingerprint density at radius 2 is 1.92 bits per heavy atom. The van der Waals surface area contributed by atoms with Gasteiger partial charge < -0.3 is 4.90 Å². The molecule has 1 aliphatic carbocycles. The Morgan fingerprint density at radius 3 is 2.58 bits per heavy atom. The lowest BCUT2D eigenvalue weighted by molar-refractivity contribution is -0.129. The van der Waals surface area contributed by atoms with Crippen LogP contribution in [0.1, 0.15) is 44.3 Å². The van der Waals surface area contributed by atoms with Gasteiger partial charge in [0.2, 0.25) is 11.1 Å². The molecule has 1 aromatic carbocycles. The second kappa shape index (κ2) is 6.59. The normalized spacial score (nSPS) is 18.8. The Labute approximate surface area is 146 Å². The van der Waals surface area contributed by atoms with Crippen molar-refractivity contribution in [3.8, 4) is 5.69 Å². The van der Waals surface area contributed by atoms with E-state index in [0.717, 1.165) is 37.4 Å². The summed E-state index contributed by atoms with van der Waals surface area (Å²) < 4.78 is 1.95. The average molecular weight is 342 g/mol. The maximum atomic E-state index is 12.5. The van der Waals surface area contributed by atoms with Gasteiger partial charge in [0.05, 0.1) is 10.9 Å². The van der Waals surface area contributed by atoms with E-state index in [9.17, 15) is 4.79 Å². The molecule has 4 rings (SSSR count). The number of thioether (sulfide) groups is 1. The smallest absolute Gasteiger partial charge is 0.235 e. The molecule has 126 valence electrons. The number of nitrogens with zero attached hydrogens (tertiary/aromatic N) is 4. The largest absolute Gasteiger partial charge is 0.342 e. The Kier molecular flexibility index (Phi) is 4.31. The standard InChI is InChI=1S/C18H22N4OS/c1-13(17(23)21-11-5-6-12-21)24-18-19-16(14-9-10-14)22(20-18)15-7-3-2-4-8-15/h2-4,7-8,13-14H,5-6,9-12H2,1H3/t13-/m0/s1. The van der Waals surface area contributed by atoms with E-state index >= 15 is 0 Å². The van der Waals surface area contributed by atoms with Crippen molar-refractivity contribution < 1.29 is 4.79 Å². The highest BCUT2D eigenvalue weighted by atomic mass is 32.2. The maximum absolute atomic E-state index is 12.5. The van der Waals surface area contributed by atoms with Crippen LogP contribution in [0.15, 0.2) is 35.5 Å². The molecule has 2 fully saturated rings. The van der Waals surface area contributed by atoms with Gasteiger partial charge in [-0.25, -0.2) is 9.67 Å². The number of likely N-dealkylation sites (tertiary alicyclic amines) is 1. The van der Waals surface area contributed by atoms with Crippen LogP contribution in [-0.4, -0.2) is 43.9 Å². The summed E-state index contributed by atoms with van der Waals surface area (Å²) in [5.41, 5.74) is 1.04. The van der Waals surface area contributed by atoms with Crippen LogP contribution < -0.4 is 0 Å². The predicted octanol–water partition coefficient (Wildman–Crippen LogP) is 3.25. The summed E-state index contributed by atoms with van der Waals surface area (Å²) in [6, 6.07) is 10.1. The van der Waals surface area contributed by atoms with Gasteiger partial charge in [0, 0.05) is 19.0 Å². The third kappa shape index (κ3) is 3.20. The molecule has 24 heavy (non-hydrogen) atoms. The van der Waals surface area contributed by atoms with Crippen LogP contribution in [0.2, 0.25) is 0 Å². The molecule has 0 N–H and O–H groups in total. The van der Waals surface area contributed by atoms with E-state index in [-0.39, 0.29) is 11.2 Å². The number of rotatable bonds is 5. The number of benzene rings is 1. The minimum atomic E-state index is -0.137. The van der Waals surface area contributed by atoms with E-state index in [0.29, 0.717) is 11.1 Å². The van der Waals surface area contributed by atoms with Gasteiger partial charge >= 0.3 is 0 Å². The van der Waals surface area contributed by atoms with E-state index in [2.05, 4.69) is 5.10 Å². The Morgan fingerprint density at radius 1 is 1.21 bits per heavy atom. The highest BCUT2D eigenvalue weighted by Gasteiger charge is 2.31. The molecule has 1 saturated heterocycles. The highest BCUT2D eigenvalue weighted by molar-refractivity contribution is 8.00. The number of hydrogen-bond acceptors (Lipinski definition) is 4. The molecule has 2 heterocycles. The number of carbonyl (C=O) groups excluding carboxylic acids is 1. The molecule has 6 heteroatoms. The number of amides is 1. The van der Waals surface area contributed by atoms with Gasteiger partial charge in [-0.05, 0) is 44.7 Å². The molecule has 0 radical (unpaired) electrons. The van der Waals surface area contributed by atoms with Crippen molar-refractivity contribution in [2.24, 2.45) is 0 Å². The number of carbonyl (C=O) groups is 1. The fraction of sp³-hybridized carbons (Fsp3) is 0.500. The molecule has 1 aliphatic heterocycles. The fourth-order valence-corrected chi connectivity index (χ4v) is 3.96. The first-order valence-corrected chi connectivity index (χ1v) is 9.58. The molecule has 0 spiro atoms. The molecule has 1 amide bonds. The molecule has 0 unspecified atom stereocenters. The van der Waals surface area contributed by atoms with Crippen molar-refractivity contribution in [2.45, 2.75) is 48.9 Å². The number of para-hydroxylation sites is 1. The van der Waals surface area contributed by atoms with E-state index in [1.165, 1.54) is 24.6 Å². The summed E-state index contributed by atoms with van der Waals surface area (Å²) in [5, 5.41) is 5.26. The van der Waals surface area contributed by atoms with Crippen molar-refractivity contribution in [1.29, 1.82) is 0 Å². The first-order chi connectivity index (χ1) is 11.7. The first kappa shape index (κ1) is 15.7. The van der Waals surface area contributed by atoms with E-state index in [4.69, 9.17) is 4.98 Å². The lowest BCUT2D eigenvalue weighted by Gasteiger charge is -2.18. The van der Waals surface area contributed by atoms with Crippen LogP contribution in [0.5, 0.6) is 0 Å². The maximum Gasteiger partial charge on any atom is 0.235 e. The van der Waals surface area contributed by atoms with Crippen LogP contribution in [0.3, 0.4) is 0 Å². The molecular formula is C18H22N4OS. The van der Waals surface area contributed by atoms with E-state index in [1.54, 1.807) is 0 Å². The van der Waals surface area contributed by atoms with Gasteiger partial charge in [0.25, 0.3) is 0 Å². The topological polar surface area (TPSA) is 51.0 Å². The molecule has 0 bridgehead atoms. The zero-order valence-corrected chi connectivity index (χ0v) is 14.7. The lowest BCUT2D eigenvalue weighted by Crippen LogP contribution is -2.34. The second-order valence-corrected chi connectivity index (χ2v) is 7.87. The van der Waals surface area contributed by atoms with Crippen molar-refractivity contribution in [3.05, 3.63) is 36.2 Å². The van der Waals surface area contributed by atoms with Crippen molar-refractivity contribution >= 4 is 17.7 Å². The highest BCUT2D eigenvalue weighted by Crippen LogP contribution is 2.40. The van der Waals surface area contributed by atoms with Gasteiger partial charge in [-0.3, -0.25) is 4.79 Å². The van der Waals surface area contributed by atoms with Gasteiger partial charge in [0.1, 0.15) is 5.82 Å². The van der Waals surface area contributed by atoms with Gasteiger partial charge in [-0.1, -0.05) is 30.0 Å². The summed E-state index contributed by atoms with van der Waals surface area (Å²) in [5.74, 6) is 1.75. The first-order valence-electron chi connectivity index (χ1n) is 8.70. The zero-order chi connectivity index (χ0) is 16.5. The van der Waals surface area contributed by atoms with Gasteiger partial charge in [0.15, 0.2) is 0 Å². The SMILES string of the molecule is C[C@H](Sc1nc(C2CC2)n(-c2ccccc2)n1)C(=O)N1CCCC1. The zero-order valence-electron chi connectivity index (χ0n) is 13.9. The Hall–Kier alpha value is -1.82. The summed E-state index contributed by atoms with van der Waals surface area (Å²) in [4.78, 5) is 19.2. The van der Waals surface area contributed by atoms with Crippen molar-refractivity contribution in [1.82, 2.24) is 19.7 Å². The van der Waals surface area contributed by atoms with Crippen molar-refractivity contribution in [3.63, 3.8) is 0 Å². The Bertz CT molecular complexity index is 720. The lowest BCUT2D eigenvalue weighted by atomic mass is 10.3. The van der Waals surface area contributed by atoms with Gasteiger partial charge in [-0.2, -0.15) is 0 Å². The predicted molar refractivity (Wildman–Crippen MR) is 94.5 cm³/mol. The molecule has 5 nitrogen and oxygen atoms in total. The molecule has 1 aromatic heterocycles. The molecule has 2 aromatic rings. The number of aromatic nitrogens is 3.